The van der Waals surface area contributed by atoms with E-state index in [-0.39, 0.29) is 28.9 Å². The number of piperidine rings is 1. The molecule has 2 aliphatic heterocycles. The second-order valence-corrected chi connectivity index (χ2v) is 8.24. The summed E-state index contributed by atoms with van der Waals surface area (Å²) in [6, 6.07) is 6.96. The molecular formula is C16H23ClN2O4S. The minimum atomic E-state index is -3.74. The van der Waals surface area contributed by atoms with Crippen LogP contribution in [0.15, 0.2) is 29.2 Å². The molecule has 2 heterocycles. The average Bonchev–Trinajstić information content (AvgIpc) is 2.91. The topological polar surface area (TPSA) is 75.7 Å². The van der Waals surface area contributed by atoms with Crippen molar-refractivity contribution in [1.29, 1.82) is 0 Å². The Morgan fingerprint density at radius 1 is 1.21 bits per heavy atom. The van der Waals surface area contributed by atoms with E-state index in [4.69, 9.17) is 4.74 Å². The first-order chi connectivity index (χ1) is 10.9. The molecule has 8 heteroatoms. The van der Waals surface area contributed by atoms with Crippen LogP contribution < -0.4 is 5.32 Å². The van der Waals surface area contributed by atoms with Crippen molar-refractivity contribution in [3.63, 3.8) is 0 Å². The van der Waals surface area contributed by atoms with Gasteiger partial charge >= 0.3 is 5.97 Å². The van der Waals surface area contributed by atoms with E-state index in [2.05, 4.69) is 5.32 Å². The highest BCUT2D eigenvalue weighted by molar-refractivity contribution is 7.89. The van der Waals surface area contributed by atoms with Gasteiger partial charge in [0.25, 0.3) is 0 Å². The number of hydrogen-bond acceptors (Lipinski definition) is 5. The maximum atomic E-state index is 13.0. The monoisotopic (exact) mass is 374 g/mol. The predicted molar refractivity (Wildman–Crippen MR) is 92.9 cm³/mol. The summed E-state index contributed by atoms with van der Waals surface area (Å²) in [5.41, 5.74) is 0.0822. The zero-order valence-corrected chi connectivity index (χ0v) is 15.4. The van der Waals surface area contributed by atoms with Gasteiger partial charge in [0.05, 0.1) is 17.6 Å². The molecule has 3 rings (SSSR count). The fourth-order valence-electron chi connectivity index (χ4n) is 3.65. The molecule has 1 aromatic carbocycles. The molecule has 1 aromatic rings. The van der Waals surface area contributed by atoms with Gasteiger partial charge in [0.15, 0.2) is 0 Å². The fourth-order valence-corrected chi connectivity index (χ4v) is 5.20. The lowest BCUT2D eigenvalue weighted by Crippen LogP contribution is -2.48. The smallest absolute Gasteiger partial charge is 0.339 e. The van der Waals surface area contributed by atoms with Crippen molar-refractivity contribution in [2.45, 2.75) is 48.7 Å². The maximum Gasteiger partial charge on any atom is 0.339 e. The quantitative estimate of drug-likeness (QED) is 0.813. The van der Waals surface area contributed by atoms with Crippen LogP contribution in [0.2, 0.25) is 0 Å². The standard InChI is InChI=1S/C16H22N2O4S.ClH/c1-18(13-9-11-7-8-12(10-13)17-11)23(20,21)15-6-4-3-5-14(15)16(19)22-2;/h3-6,11-13,17H,7-10H2,1-2H3;1H. The SMILES string of the molecule is COC(=O)c1ccccc1S(=O)(=O)N(C)C1CC2CCC(C1)N2.Cl. The summed E-state index contributed by atoms with van der Waals surface area (Å²) in [6.07, 6.45) is 3.83. The summed E-state index contributed by atoms with van der Waals surface area (Å²) in [5.74, 6) is -0.636. The molecule has 0 aliphatic carbocycles. The average molecular weight is 375 g/mol. The number of sulfonamides is 1. The molecule has 24 heavy (non-hydrogen) atoms. The minimum absolute atomic E-state index is 0. The fraction of sp³-hybridized carbons (Fsp3) is 0.562. The van der Waals surface area contributed by atoms with E-state index in [0.29, 0.717) is 12.1 Å². The van der Waals surface area contributed by atoms with Gasteiger partial charge in [0.1, 0.15) is 0 Å². The number of methoxy groups -OCH3 is 1. The third-order valence-electron chi connectivity index (χ3n) is 4.91. The second-order valence-electron chi connectivity index (χ2n) is 6.27. The second kappa shape index (κ2) is 7.39. The van der Waals surface area contributed by atoms with Crippen LogP contribution in [0, 0.1) is 0 Å². The molecule has 6 nitrogen and oxygen atoms in total. The molecule has 2 aliphatic rings. The van der Waals surface area contributed by atoms with Crippen LogP contribution in [0.5, 0.6) is 0 Å². The maximum absolute atomic E-state index is 13.0. The first-order valence-corrected chi connectivity index (χ1v) is 9.29. The summed E-state index contributed by atoms with van der Waals surface area (Å²) in [5, 5.41) is 3.51. The van der Waals surface area contributed by atoms with Crippen LogP contribution >= 0.6 is 12.4 Å². The molecule has 0 radical (unpaired) electrons. The van der Waals surface area contributed by atoms with E-state index in [0.717, 1.165) is 25.7 Å². The highest BCUT2D eigenvalue weighted by atomic mass is 35.5. The van der Waals surface area contributed by atoms with Crippen molar-refractivity contribution in [3.05, 3.63) is 29.8 Å². The van der Waals surface area contributed by atoms with Crippen LogP contribution in [0.3, 0.4) is 0 Å². The molecule has 134 valence electrons. The van der Waals surface area contributed by atoms with E-state index in [9.17, 15) is 13.2 Å². The normalized spacial score (nSPS) is 26.0. The zero-order valence-electron chi connectivity index (χ0n) is 13.8. The van der Waals surface area contributed by atoms with E-state index in [1.807, 2.05) is 0 Å². The van der Waals surface area contributed by atoms with Crippen molar-refractivity contribution < 1.29 is 17.9 Å². The van der Waals surface area contributed by atoms with Crippen molar-refractivity contribution in [2.75, 3.05) is 14.2 Å². The Morgan fingerprint density at radius 3 is 2.38 bits per heavy atom. The van der Waals surface area contributed by atoms with E-state index < -0.39 is 16.0 Å². The molecule has 2 saturated heterocycles. The molecule has 2 fully saturated rings. The van der Waals surface area contributed by atoms with Crippen LogP contribution in [-0.4, -0.2) is 51.0 Å². The first kappa shape index (κ1) is 19.2. The lowest BCUT2D eigenvalue weighted by atomic mass is 10.0. The first-order valence-electron chi connectivity index (χ1n) is 7.85. The number of rotatable bonds is 4. The van der Waals surface area contributed by atoms with Crippen molar-refractivity contribution in [1.82, 2.24) is 9.62 Å². The number of nitrogens with one attached hydrogen (secondary N) is 1. The Labute approximate surface area is 149 Å². The number of hydrogen-bond donors (Lipinski definition) is 1. The van der Waals surface area contributed by atoms with Gasteiger partial charge in [0.2, 0.25) is 10.0 Å². The number of benzene rings is 1. The molecule has 1 N–H and O–H groups in total. The summed E-state index contributed by atoms with van der Waals surface area (Å²) >= 11 is 0. The zero-order chi connectivity index (χ0) is 16.6. The summed E-state index contributed by atoms with van der Waals surface area (Å²) in [6.45, 7) is 0. The number of carbonyl (C=O) groups excluding carboxylic acids is 1. The Morgan fingerprint density at radius 2 is 1.79 bits per heavy atom. The van der Waals surface area contributed by atoms with Crippen molar-refractivity contribution >= 4 is 28.4 Å². The number of esters is 1. The van der Waals surface area contributed by atoms with Gasteiger partial charge in [-0.15, -0.1) is 12.4 Å². The molecule has 2 unspecified atom stereocenters. The summed E-state index contributed by atoms with van der Waals surface area (Å²) < 4.78 is 32.1. The lowest BCUT2D eigenvalue weighted by Gasteiger charge is -2.35. The van der Waals surface area contributed by atoms with E-state index in [1.165, 1.54) is 23.5 Å². The highest BCUT2D eigenvalue weighted by Crippen LogP contribution is 2.32. The number of halogens is 1. The molecular weight excluding hydrogens is 352 g/mol. The van der Waals surface area contributed by atoms with Gasteiger partial charge in [-0.25, -0.2) is 13.2 Å². The van der Waals surface area contributed by atoms with Gasteiger partial charge in [-0.2, -0.15) is 4.31 Å². The van der Waals surface area contributed by atoms with Gasteiger partial charge in [-0.1, -0.05) is 12.1 Å². The van der Waals surface area contributed by atoms with Crippen molar-refractivity contribution in [2.24, 2.45) is 0 Å². The Kier molecular flexibility index (Phi) is 5.91. The Hall–Kier alpha value is -1.15. The largest absolute Gasteiger partial charge is 0.465 e. The Bertz CT molecular complexity index is 698. The number of carbonyl (C=O) groups is 1. The van der Waals surface area contributed by atoms with Crippen molar-refractivity contribution in [3.8, 4) is 0 Å². The molecule has 0 amide bonds. The van der Waals surface area contributed by atoms with Gasteiger partial charge < -0.3 is 10.1 Å². The number of nitrogens with zero attached hydrogens (tertiary/aromatic N) is 1. The predicted octanol–water partition coefficient (Wildman–Crippen LogP) is 1.80. The Balaban J connectivity index is 0.00000208. The third-order valence-corrected chi connectivity index (χ3v) is 6.88. The van der Waals surface area contributed by atoms with Crippen LogP contribution in [0.1, 0.15) is 36.0 Å². The molecule has 2 atom stereocenters. The number of ether oxygens (including phenoxy) is 1. The van der Waals surface area contributed by atoms with E-state index >= 15 is 0 Å². The lowest BCUT2D eigenvalue weighted by molar-refractivity contribution is 0.0596. The van der Waals surface area contributed by atoms with E-state index in [1.54, 1.807) is 19.2 Å². The minimum Gasteiger partial charge on any atom is -0.465 e. The van der Waals surface area contributed by atoms with Gasteiger partial charge in [0, 0.05) is 25.2 Å². The number of fused-ring (bicyclic) bond motifs is 2. The van der Waals surface area contributed by atoms with Gasteiger partial charge in [-0.3, -0.25) is 0 Å². The molecule has 0 saturated carbocycles. The van der Waals surface area contributed by atoms with Crippen LogP contribution in [0.4, 0.5) is 0 Å². The summed E-state index contributed by atoms with van der Waals surface area (Å²) in [7, 11) is -0.879. The highest BCUT2D eigenvalue weighted by Gasteiger charge is 2.39. The molecule has 0 aromatic heterocycles. The molecule has 2 bridgehead atoms. The third kappa shape index (κ3) is 3.44. The summed E-state index contributed by atoms with van der Waals surface area (Å²) in [4.78, 5) is 11.9. The van der Waals surface area contributed by atoms with Gasteiger partial charge in [-0.05, 0) is 37.8 Å². The molecule has 0 spiro atoms. The van der Waals surface area contributed by atoms with Crippen LogP contribution in [0.25, 0.3) is 0 Å². The van der Waals surface area contributed by atoms with Crippen LogP contribution in [-0.2, 0) is 14.8 Å².